The average Bonchev–Trinajstić information content (AvgIpc) is 2.58. The molecule has 0 unspecified atom stereocenters. The average molecular weight is 375 g/mol. The van der Waals surface area contributed by atoms with E-state index in [2.05, 4.69) is 36.4 Å². The highest BCUT2D eigenvalue weighted by Crippen LogP contribution is 2.21. The molecule has 1 aliphatic heterocycles. The van der Waals surface area contributed by atoms with Gasteiger partial charge in [-0.25, -0.2) is 9.78 Å². The van der Waals surface area contributed by atoms with Crippen LogP contribution in [-0.2, 0) is 0 Å². The first-order chi connectivity index (χ1) is 11.2. The Hall–Kier alpha value is -2.08. The normalized spacial score (nSPS) is 15.3. The van der Waals surface area contributed by atoms with Crippen molar-refractivity contribution >= 4 is 33.5 Å². The molecular weight excluding hydrogens is 356 g/mol. The number of anilines is 2. The lowest BCUT2D eigenvalue weighted by Crippen LogP contribution is -2.46. The molecule has 0 aliphatic carbocycles. The van der Waals surface area contributed by atoms with Crippen molar-refractivity contribution in [2.24, 2.45) is 0 Å². The Labute approximate surface area is 144 Å². The third-order valence-electron chi connectivity index (χ3n) is 3.93. The number of carbonyl (C=O) groups is 1. The molecule has 6 heteroatoms. The summed E-state index contributed by atoms with van der Waals surface area (Å²) < 4.78 is 0.875. The van der Waals surface area contributed by atoms with E-state index in [4.69, 9.17) is 0 Å². The second-order valence-electron chi connectivity index (χ2n) is 5.53. The fourth-order valence-electron chi connectivity index (χ4n) is 2.70. The van der Waals surface area contributed by atoms with Gasteiger partial charge in [0.25, 0.3) is 0 Å². The molecule has 1 aliphatic rings. The second-order valence-corrected chi connectivity index (χ2v) is 6.38. The Balaban J connectivity index is 1.49. The highest BCUT2D eigenvalue weighted by Gasteiger charge is 2.21. The van der Waals surface area contributed by atoms with Gasteiger partial charge in [-0.2, -0.15) is 0 Å². The van der Waals surface area contributed by atoms with Gasteiger partial charge in [0.15, 0.2) is 0 Å². The Bertz CT molecular complexity index is 657. The monoisotopic (exact) mass is 374 g/mol. The van der Waals surface area contributed by atoms with Crippen LogP contribution in [0.1, 0.15) is 12.8 Å². The van der Waals surface area contributed by atoms with Crippen LogP contribution in [-0.4, -0.2) is 30.1 Å². The minimum Gasteiger partial charge on any atom is -0.356 e. The van der Waals surface area contributed by atoms with Crippen molar-refractivity contribution in [3.8, 4) is 0 Å². The van der Waals surface area contributed by atoms with Crippen LogP contribution in [0.2, 0.25) is 0 Å². The summed E-state index contributed by atoms with van der Waals surface area (Å²) >= 11 is 3.43. The van der Waals surface area contributed by atoms with Gasteiger partial charge in [-0.05, 0) is 53.0 Å². The highest BCUT2D eigenvalue weighted by molar-refractivity contribution is 9.10. The molecule has 0 spiro atoms. The first-order valence-corrected chi connectivity index (χ1v) is 8.50. The summed E-state index contributed by atoms with van der Waals surface area (Å²) in [6.45, 7) is 1.80. The van der Waals surface area contributed by atoms with Crippen molar-refractivity contribution in [3.05, 3.63) is 53.1 Å². The number of hydrogen-bond donors (Lipinski definition) is 2. The van der Waals surface area contributed by atoms with Crippen molar-refractivity contribution in [2.45, 2.75) is 18.9 Å². The summed E-state index contributed by atoms with van der Waals surface area (Å²) in [6.07, 6.45) is 3.64. The van der Waals surface area contributed by atoms with Crippen LogP contribution in [0.4, 0.5) is 16.3 Å². The van der Waals surface area contributed by atoms with Crippen LogP contribution in [0.5, 0.6) is 0 Å². The van der Waals surface area contributed by atoms with Gasteiger partial charge in [-0.3, -0.25) is 0 Å². The Morgan fingerprint density at radius 3 is 2.57 bits per heavy atom. The van der Waals surface area contributed by atoms with Crippen LogP contribution in [0.3, 0.4) is 0 Å². The molecule has 3 rings (SSSR count). The van der Waals surface area contributed by atoms with E-state index < -0.39 is 0 Å². The van der Waals surface area contributed by atoms with E-state index in [1.807, 2.05) is 48.7 Å². The molecule has 2 aromatic rings. The van der Waals surface area contributed by atoms with Gasteiger partial charge in [-0.1, -0.05) is 18.2 Å². The van der Waals surface area contributed by atoms with Crippen LogP contribution in [0.15, 0.2) is 53.1 Å². The molecule has 2 N–H and O–H groups in total. The summed E-state index contributed by atoms with van der Waals surface area (Å²) in [6, 6.07) is 13.6. The Kier molecular flexibility index (Phi) is 5.12. The molecule has 0 saturated carbocycles. The van der Waals surface area contributed by atoms with Crippen LogP contribution < -0.4 is 15.5 Å². The number of pyridine rings is 1. The molecule has 2 amide bonds. The number of carbonyl (C=O) groups excluding carboxylic acids is 1. The van der Waals surface area contributed by atoms with Crippen LogP contribution >= 0.6 is 15.9 Å². The van der Waals surface area contributed by atoms with Crippen molar-refractivity contribution < 1.29 is 4.79 Å². The number of nitrogens with zero attached hydrogens (tertiary/aromatic N) is 2. The maximum absolute atomic E-state index is 12.1. The molecule has 1 fully saturated rings. The van der Waals surface area contributed by atoms with Crippen molar-refractivity contribution in [3.63, 3.8) is 0 Å². The zero-order valence-electron chi connectivity index (χ0n) is 12.7. The van der Waals surface area contributed by atoms with Crippen molar-refractivity contribution in [2.75, 3.05) is 23.3 Å². The van der Waals surface area contributed by atoms with E-state index in [0.717, 1.165) is 41.9 Å². The molecule has 5 nitrogen and oxygen atoms in total. The molecular formula is C17H19BrN4O. The number of rotatable bonds is 3. The standard InChI is InChI=1S/C17H19BrN4O/c18-14-5-1-2-6-15(14)21-17(23)20-13-8-11-22(12-9-13)16-7-3-4-10-19-16/h1-7,10,13H,8-9,11-12H2,(H2,20,21,23). The first-order valence-electron chi connectivity index (χ1n) is 7.70. The van der Waals surface area contributed by atoms with Crippen LogP contribution in [0.25, 0.3) is 0 Å². The summed E-state index contributed by atoms with van der Waals surface area (Å²) in [5.41, 5.74) is 0.774. The van der Waals surface area contributed by atoms with Gasteiger partial charge in [0, 0.05) is 29.8 Å². The van der Waals surface area contributed by atoms with E-state index in [1.165, 1.54) is 0 Å². The maximum Gasteiger partial charge on any atom is 0.319 e. The maximum atomic E-state index is 12.1. The second kappa shape index (κ2) is 7.46. The lowest BCUT2D eigenvalue weighted by molar-refractivity contribution is 0.246. The zero-order valence-corrected chi connectivity index (χ0v) is 14.3. The number of urea groups is 1. The topological polar surface area (TPSA) is 57.3 Å². The van der Waals surface area contributed by atoms with Crippen molar-refractivity contribution in [1.82, 2.24) is 10.3 Å². The minimum atomic E-state index is -0.159. The third kappa shape index (κ3) is 4.22. The number of hydrogen-bond acceptors (Lipinski definition) is 3. The minimum absolute atomic E-state index is 0.159. The van der Waals surface area contributed by atoms with E-state index in [-0.39, 0.29) is 12.1 Å². The van der Waals surface area contributed by atoms with E-state index >= 15 is 0 Å². The van der Waals surface area contributed by atoms with E-state index in [0.29, 0.717) is 0 Å². The largest absolute Gasteiger partial charge is 0.356 e. The third-order valence-corrected chi connectivity index (χ3v) is 4.62. The smallest absolute Gasteiger partial charge is 0.319 e. The molecule has 1 aromatic carbocycles. The number of para-hydroxylation sites is 1. The molecule has 1 aromatic heterocycles. The van der Waals surface area contributed by atoms with E-state index in [9.17, 15) is 4.79 Å². The molecule has 1 saturated heterocycles. The summed E-state index contributed by atoms with van der Waals surface area (Å²) in [5.74, 6) is 1.00. The summed E-state index contributed by atoms with van der Waals surface area (Å²) in [5, 5.41) is 5.93. The molecule has 0 bridgehead atoms. The fraction of sp³-hybridized carbons (Fsp3) is 0.294. The summed E-state index contributed by atoms with van der Waals surface area (Å²) in [4.78, 5) is 18.7. The Morgan fingerprint density at radius 1 is 1.13 bits per heavy atom. The highest BCUT2D eigenvalue weighted by atomic mass is 79.9. The summed E-state index contributed by atoms with van der Waals surface area (Å²) in [7, 11) is 0. The number of amides is 2. The molecule has 0 atom stereocenters. The number of nitrogens with one attached hydrogen (secondary N) is 2. The quantitative estimate of drug-likeness (QED) is 0.862. The number of halogens is 1. The van der Waals surface area contributed by atoms with Crippen molar-refractivity contribution in [1.29, 1.82) is 0 Å². The predicted octanol–water partition coefficient (Wildman–Crippen LogP) is 3.63. The molecule has 0 radical (unpaired) electrons. The Morgan fingerprint density at radius 2 is 1.87 bits per heavy atom. The van der Waals surface area contributed by atoms with Gasteiger partial charge in [0.2, 0.25) is 0 Å². The number of aromatic nitrogens is 1. The zero-order chi connectivity index (χ0) is 16.1. The molecule has 2 heterocycles. The van der Waals surface area contributed by atoms with Crippen LogP contribution in [0, 0.1) is 0 Å². The van der Waals surface area contributed by atoms with E-state index in [1.54, 1.807) is 0 Å². The number of benzene rings is 1. The lowest BCUT2D eigenvalue weighted by Gasteiger charge is -2.33. The van der Waals surface area contributed by atoms with Gasteiger partial charge in [0.1, 0.15) is 5.82 Å². The molecule has 23 heavy (non-hydrogen) atoms. The van der Waals surface area contributed by atoms with Gasteiger partial charge in [0.05, 0.1) is 5.69 Å². The fourth-order valence-corrected chi connectivity index (χ4v) is 3.08. The lowest BCUT2D eigenvalue weighted by atomic mass is 10.1. The molecule has 120 valence electrons. The van der Waals surface area contributed by atoms with Gasteiger partial charge >= 0.3 is 6.03 Å². The SMILES string of the molecule is O=C(Nc1ccccc1Br)NC1CCN(c2ccccn2)CC1. The van der Waals surface area contributed by atoms with Gasteiger partial charge < -0.3 is 15.5 Å². The first kappa shape index (κ1) is 15.8. The predicted molar refractivity (Wildman–Crippen MR) is 95.8 cm³/mol. The number of piperidine rings is 1. The van der Waals surface area contributed by atoms with Gasteiger partial charge in [-0.15, -0.1) is 0 Å².